The first-order chi connectivity index (χ1) is 18.5. The van der Waals surface area contributed by atoms with Gasteiger partial charge in [0.1, 0.15) is 5.75 Å². The first-order valence-corrected chi connectivity index (χ1v) is 14.0. The zero-order valence-electron chi connectivity index (χ0n) is 22.8. The fourth-order valence-electron chi connectivity index (χ4n) is 4.81. The molecule has 2 aromatic carbocycles. The van der Waals surface area contributed by atoms with Crippen molar-refractivity contribution in [3.05, 3.63) is 53.6 Å². The molecular formula is C30H42N4O4. The molecule has 2 saturated heterocycles. The van der Waals surface area contributed by atoms with Crippen molar-refractivity contribution in [2.24, 2.45) is 5.92 Å². The van der Waals surface area contributed by atoms with Gasteiger partial charge in [-0.05, 0) is 67.6 Å². The van der Waals surface area contributed by atoms with E-state index in [9.17, 15) is 9.59 Å². The number of benzene rings is 2. The molecule has 0 aromatic heterocycles. The lowest BCUT2D eigenvalue weighted by Gasteiger charge is -2.33. The van der Waals surface area contributed by atoms with Crippen molar-refractivity contribution in [1.82, 2.24) is 10.2 Å². The lowest BCUT2D eigenvalue weighted by Crippen LogP contribution is -2.41. The van der Waals surface area contributed by atoms with E-state index >= 15 is 0 Å². The number of hydrogen-bond donors (Lipinski definition) is 2. The molecule has 206 valence electrons. The topological polar surface area (TPSA) is 83.1 Å². The predicted octanol–water partition coefficient (Wildman–Crippen LogP) is 4.42. The van der Waals surface area contributed by atoms with E-state index in [1.54, 1.807) is 18.2 Å². The highest BCUT2D eigenvalue weighted by atomic mass is 16.5. The summed E-state index contributed by atoms with van der Waals surface area (Å²) in [6.07, 6.45) is 4.28. The number of rotatable bonds is 11. The van der Waals surface area contributed by atoms with Crippen molar-refractivity contribution < 1.29 is 19.1 Å². The van der Waals surface area contributed by atoms with Gasteiger partial charge in [0, 0.05) is 56.2 Å². The summed E-state index contributed by atoms with van der Waals surface area (Å²) in [7, 11) is 0. The van der Waals surface area contributed by atoms with Crippen molar-refractivity contribution in [3.63, 3.8) is 0 Å². The van der Waals surface area contributed by atoms with E-state index in [0.717, 1.165) is 83.1 Å². The standard InChI is InChI=1S/C30H42N4O4/c1-3-4-19-38-26-8-5-24(6-9-26)29(35)32-25-7-10-28(34-14-11-23(2)12-15-34)27(22-25)30(36)31-13-16-33-17-20-37-21-18-33/h5-10,22-23H,3-4,11-21H2,1-2H3,(H,31,36)(H,32,35). The maximum Gasteiger partial charge on any atom is 0.255 e. The summed E-state index contributed by atoms with van der Waals surface area (Å²) < 4.78 is 11.1. The maximum absolute atomic E-state index is 13.4. The first kappa shape index (κ1) is 27.9. The van der Waals surface area contributed by atoms with E-state index < -0.39 is 0 Å². The first-order valence-electron chi connectivity index (χ1n) is 14.0. The quantitative estimate of drug-likeness (QED) is 0.425. The number of amides is 2. The van der Waals surface area contributed by atoms with Gasteiger partial charge in [-0.25, -0.2) is 0 Å². The summed E-state index contributed by atoms with van der Waals surface area (Å²) >= 11 is 0. The Balaban J connectivity index is 1.44. The molecule has 4 rings (SSSR count). The second-order valence-corrected chi connectivity index (χ2v) is 10.3. The number of piperidine rings is 1. The van der Waals surface area contributed by atoms with Gasteiger partial charge >= 0.3 is 0 Å². The number of ether oxygens (including phenoxy) is 2. The van der Waals surface area contributed by atoms with Crippen molar-refractivity contribution >= 4 is 23.2 Å². The summed E-state index contributed by atoms with van der Waals surface area (Å²) in [5, 5.41) is 6.07. The van der Waals surface area contributed by atoms with Gasteiger partial charge in [0.2, 0.25) is 0 Å². The maximum atomic E-state index is 13.4. The average molecular weight is 523 g/mol. The Morgan fingerprint density at radius 1 is 1.00 bits per heavy atom. The third-order valence-corrected chi connectivity index (χ3v) is 7.32. The molecule has 2 aromatic rings. The molecule has 2 heterocycles. The van der Waals surface area contributed by atoms with Crippen LogP contribution >= 0.6 is 0 Å². The van der Waals surface area contributed by atoms with E-state index in [1.165, 1.54) is 0 Å². The third-order valence-electron chi connectivity index (χ3n) is 7.32. The molecule has 0 atom stereocenters. The molecule has 0 saturated carbocycles. The predicted molar refractivity (Wildman–Crippen MR) is 151 cm³/mol. The average Bonchev–Trinajstić information content (AvgIpc) is 2.94. The Kier molecular flexibility index (Phi) is 10.4. The Morgan fingerprint density at radius 3 is 2.45 bits per heavy atom. The number of nitrogens with zero attached hydrogens (tertiary/aromatic N) is 2. The van der Waals surface area contributed by atoms with Gasteiger partial charge in [-0.15, -0.1) is 0 Å². The van der Waals surface area contributed by atoms with Crippen LogP contribution in [0.2, 0.25) is 0 Å². The molecule has 8 nitrogen and oxygen atoms in total. The minimum Gasteiger partial charge on any atom is -0.494 e. The van der Waals surface area contributed by atoms with Crippen LogP contribution < -0.4 is 20.3 Å². The van der Waals surface area contributed by atoms with E-state index in [0.29, 0.717) is 35.9 Å². The van der Waals surface area contributed by atoms with Crippen LogP contribution in [0.25, 0.3) is 0 Å². The van der Waals surface area contributed by atoms with E-state index in [-0.39, 0.29) is 11.8 Å². The van der Waals surface area contributed by atoms with Crippen LogP contribution in [-0.2, 0) is 4.74 Å². The largest absolute Gasteiger partial charge is 0.494 e. The third kappa shape index (κ3) is 7.95. The van der Waals surface area contributed by atoms with Gasteiger partial charge in [0.25, 0.3) is 11.8 Å². The second kappa shape index (κ2) is 14.2. The van der Waals surface area contributed by atoms with Gasteiger partial charge in [-0.3, -0.25) is 14.5 Å². The molecule has 0 unspecified atom stereocenters. The lowest BCUT2D eigenvalue weighted by molar-refractivity contribution is 0.0383. The van der Waals surface area contributed by atoms with Crippen LogP contribution in [0, 0.1) is 5.92 Å². The number of hydrogen-bond acceptors (Lipinski definition) is 6. The zero-order chi connectivity index (χ0) is 26.7. The molecule has 2 amide bonds. The minimum atomic E-state index is -0.219. The van der Waals surface area contributed by atoms with E-state index in [4.69, 9.17) is 9.47 Å². The molecule has 8 heteroatoms. The summed E-state index contributed by atoms with van der Waals surface area (Å²) in [6.45, 7) is 11.5. The zero-order valence-corrected chi connectivity index (χ0v) is 22.8. The van der Waals surface area contributed by atoms with Crippen LogP contribution in [0.4, 0.5) is 11.4 Å². The highest BCUT2D eigenvalue weighted by Gasteiger charge is 2.22. The minimum absolute atomic E-state index is 0.114. The van der Waals surface area contributed by atoms with Crippen molar-refractivity contribution in [3.8, 4) is 5.75 Å². The van der Waals surface area contributed by atoms with Gasteiger partial charge in [-0.2, -0.15) is 0 Å². The summed E-state index contributed by atoms with van der Waals surface area (Å²) in [6, 6.07) is 12.8. The van der Waals surface area contributed by atoms with Crippen molar-refractivity contribution in [2.45, 2.75) is 39.5 Å². The van der Waals surface area contributed by atoms with Crippen LogP contribution in [0.3, 0.4) is 0 Å². The summed E-state index contributed by atoms with van der Waals surface area (Å²) in [5.74, 6) is 1.12. The Morgan fingerprint density at radius 2 is 1.74 bits per heavy atom. The van der Waals surface area contributed by atoms with E-state index in [2.05, 4.69) is 34.3 Å². The molecule has 0 bridgehead atoms. The summed E-state index contributed by atoms with van der Waals surface area (Å²) in [4.78, 5) is 30.9. The van der Waals surface area contributed by atoms with Gasteiger partial charge in [0.05, 0.1) is 25.4 Å². The van der Waals surface area contributed by atoms with Crippen LogP contribution in [-0.4, -0.2) is 75.8 Å². The lowest BCUT2D eigenvalue weighted by atomic mass is 9.97. The van der Waals surface area contributed by atoms with Gasteiger partial charge in [0.15, 0.2) is 0 Å². The highest BCUT2D eigenvalue weighted by Crippen LogP contribution is 2.29. The molecular weight excluding hydrogens is 480 g/mol. The Labute approximate surface area is 226 Å². The highest BCUT2D eigenvalue weighted by molar-refractivity contribution is 6.06. The van der Waals surface area contributed by atoms with Gasteiger partial charge in [-0.1, -0.05) is 20.3 Å². The summed E-state index contributed by atoms with van der Waals surface area (Å²) in [5.41, 5.74) is 2.66. The SMILES string of the molecule is CCCCOc1ccc(C(=O)Nc2ccc(N3CCC(C)CC3)c(C(=O)NCCN3CCOCC3)c2)cc1. The second-order valence-electron chi connectivity index (χ2n) is 10.3. The number of morpholine rings is 1. The Hall–Kier alpha value is -3.10. The van der Waals surface area contributed by atoms with Crippen molar-refractivity contribution in [1.29, 1.82) is 0 Å². The number of anilines is 2. The molecule has 0 radical (unpaired) electrons. The number of nitrogens with one attached hydrogen (secondary N) is 2. The molecule has 0 spiro atoms. The smallest absolute Gasteiger partial charge is 0.255 e. The molecule has 0 aliphatic carbocycles. The normalized spacial score (nSPS) is 16.7. The van der Waals surface area contributed by atoms with E-state index in [1.807, 2.05) is 24.3 Å². The van der Waals surface area contributed by atoms with Crippen LogP contribution in [0.1, 0.15) is 60.2 Å². The van der Waals surface area contributed by atoms with Crippen LogP contribution in [0.5, 0.6) is 5.75 Å². The molecule has 2 fully saturated rings. The van der Waals surface area contributed by atoms with Gasteiger partial charge < -0.3 is 25.0 Å². The van der Waals surface area contributed by atoms with Crippen LogP contribution in [0.15, 0.2) is 42.5 Å². The number of carbonyl (C=O) groups excluding carboxylic acids is 2. The molecule has 2 aliphatic heterocycles. The van der Waals surface area contributed by atoms with Crippen molar-refractivity contribution in [2.75, 3.05) is 69.3 Å². The molecule has 2 aliphatic rings. The monoisotopic (exact) mass is 522 g/mol. The number of unbranched alkanes of at least 4 members (excludes halogenated alkanes) is 1. The molecule has 38 heavy (non-hydrogen) atoms. The Bertz CT molecular complexity index is 1040. The fourth-order valence-corrected chi connectivity index (χ4v) is 4.81. The number of carbonyl (C=O) groups is 2. The molecule has 2 N–H and O–H groups in total. The fraction of sp³-hybridized carbons (Fsp3) is 0.533.